The molecule has 0 heterocycles. The largest absolute Gasteiger partial charge is 0.743 e. The molecule has 0 aliphatic rings. The molecule has 0 aromatic heterocycles. The van der Waals surface area contributed by atoms with Gasteiger partial charge >= 0.3 is 5.25 Å². The molecular weight excluding hydrogens is 182 g/mol. The van der Waals surface area contributed by atoms with E-state index < -0.39 is 21.2 Å². The van der Waals surface area contributed by atoms with Gasteiger partial charge in [-0.25, -0.2) is 8.42 Å². The van der Waals surface area contributed by atoms with E-state index in [1.54, 1.807) is 0 Å². The van der Waals surface area contributed by atoms with Crippen molar-refractivity contribution in [2.24, 2.45) is 0 Å². The number of hydrogen-bond acceptors (Lipinski definition) is 4. The fourth-order valence-corrected chi connectivity index (χ4v) is 0.572. The summed E-state index contributed by atoms with van der Waals surface area (Å²) < 4.78 is 53.0. The van der Waals surface area contributed by atoms with Crippen LogP contribution < -0.4 is 0 Å². The highest BCUT2D eigenvalue weighted by molar-refractivity contribution is 7.87. The highest BCUT2D eigenvalue weighted by Crippen LogP contribution is 2.21. The highest BCUT2D eigenvalue weighted by Gasteiger charge is 2.44. The van der Waals surface area contributed by atoms with Crippen molar-refractivity contribution in [2.75, 3.05) is 0 Å². The Morgan fingerprint density at radius 1 is 1.55 bits per heavy atom. The van der Waals surface area contributed by atoms with Gasteiger partial charge in [0.25, 0.3) is 0 Å². The van der Waals surface area contributed by atoms with Crippen molar-refractivity contribution in [1.29, 1.82) is 0 Å². The van der Waals surface area contributed by atoms with Gasteiger partial charge in [-0.1, -0.05) is 6.58 Å². The topological polar surface area (TPSA) is 74.3 Å². The van der Waals surface area contributed by atoms with Gasteiger partial charge < -0.3 is 4.55 Å². The average Bonchev–Trinajstić information content (AvgIpc) is 1.83. The van der Waals surface area contributed by atoms with Gasteiger partial charge in [-0.15, -0.1) is 0 Å². The second-order valence-corrected chi connectivity index (χ2v) is 2.96. The normalized spacial score (nSPS) is 12.6. The first-order valence-electron chi connectivity index (χ1n) is 2.23. The van der Waals surface area contributed by atoms with Crippen LogP contribution in [-0.4, -0.2) is 24.0 Å². The molecule has 0 aliphatic carbocycles. The third-order valence-electron chi connectivity index (χ3n) is 0.786. The lowest BCUT2D eigenvalue weighted by atomic mass is 10.4. The van der Waals surface area contributed by atoms with Gasteiger partial charge in [0.2, 0.25) is 5.78 Å². The Labute approximate surface area is 61.3 Å². The first-order valence-corrected chi connectivity index (χ1v) is 3.64. The maximum Gasteiger partial charge on any atom is 0.395 e. The molecule has 0 unspecified atom stereocenters. The summed E-state index contributed by atoms with van der Waals surface area (Å²) >= 11 is 0. The summed E-state index contributed by atoms with van der Waals surface area (Å²) in [5.74, 6) is -2.12. The van der Waals surface area contributed by atoms with Crippen LogP contribution >= 0.6 is 0 Å². The number of rotatable bonds is 3. The van der Waals surface area contributed by atoms with Gasteiger partial charge in [0.1, 0.15) is 0 Å². The van der Waals surface area contributed by atoms with Crippen LogP contribution in [0.15, 0.2) is 12.7 Å². The van der Waals surface area contributed by atoms with Crippen LogP contribution in [0.5, 0.6) is 0 Å². The summed E-state index contributed by atoms with van der Waals surface area (Å²) in [5, 5.41) is -4.89. The molecule has 0 aliphatic heterocycles. The number of carbonyl (C=O) groups excluding carboxylic acids is 1. The lowest BCUT2D eigenvalue weighted by Gasteiger charge is -2.15. The number of alkyl halides is 2. The van der Waals surface area contributed by atoms with Crippen molar-refractivity contribution < 1.29 is 26.5 Å². The zero-order valence-electron chi connectivity index (χ0n) is 5.08. The fraction of sp³-hybridized carbons (Fsp3) is 0.250. The maximum atomic E-state index is 12.0. The van der Waals surface area contributed by atoms with E-state index in [2.05, 4.69) is 6.58 Å². The third-order valence-corrected chi connectivity index (χ3v) is 1.62. The summed E-state index contributed by atoms with van der Waals surface area (Å²) in [4.78, 5) is 10.0. The van der Waals surface area contributed by atoms with Crippen LogP contribution in [0, 0.1) is 0 Å². The molecule has 0 rings (SSSR count). The van der Waals surface area contributed by atoms with Crippen LogP contribution in [0.4, 0.5) is 8.78 Å². The SMILES string of the molecule is C=CC(=O)C(F)(F)S(=O)(=O)[O-]. The number of carbonyl (C=O) groups is 1. The molecule has 0 amide bonds. The molecule has 0 saturated heterocycles. The lowest BCUT2D eigenvalue weighted by molar-refractivity contribution is -0.128. The Morgan fingerprint density at radius 3 is 2.00 bits per heavy atom. The zero-order valence-corrected chi connectivity index (χ0v) is 5.90. The smallest absolute Gasteiger partial charge is 0.395 e. The lowest BCUT2D eigenvalue weighted by Crippen LogP contribution is -2.36. The van der Waals surface area contributed by atoms with E-state index in [4.69, 9.17) is 0 Å². The van der Waals surface area contributed by atoms with Gasteiger partial charge in [-0.2, -0.15) is 8.78 Å². The van der Waals surface area contributed by atoms with Crippen LogP contribution in [0.1, 0.15) is 0 Å². The van der Waals surface area contributed by atoms with E-state index >= 15 is 0 Å². The van der Waals surface area contributed by atoms with Crippen LogP contribution in [0.2, 0.25) is 0 Å². The second-order valence-electron chi connectivity index (χ2n) is 1.54. The monoisotopic (exact) mass is 185 g/mol. The van der Waals surface area contributed by atoms with Crippen molar-refractivity contribution in [3.05, 3.63) is 12.7 Å². The summed E-state index contributed by atoms with van der Waals surface area (Å²) in [6.07, 6.45) is 0.0788. The predicted octanol–water partition coefficient (Wildman–Crippen LogP) is -0.120. The second kappa shape index (κ2) is 2.67. The van der Waals surface area contributed by atoms with E-state index in [1.807, 2.05) is 0 Å². The molecule has 0 saturated carbocycles. The Balaban J connectivity index is 5.06. The molecule has 4 nitrogen and oxygen atoms in total. The van der Waals surface area contributed by atoms with Crippen molar-refractivity contribution in [3.63, 3.8) is 0 Å². The Morgan fingerprint density at radius 2 is 1.91 bits per heavy atom. The number of ketones is 1. The van der Waals surface area contributed by atoms with Gasteiger partial charge in [-0.3, -0.25) is 4.79 Å². The van der Waals surface area contributed by atoms with E-state index in [0.717, 1.165) is 0 Å². The maximum absolute atomic E-state index is 12.0. The van der Waals surface area contributed by atoms with Crippen LogP contribution in [0.3, 0.4) is 0 Å². The van der Waals surface area contributed by atoms with Gasteiger partial charge in [0, 0.05) is 0 Å². The van der Waals surface area contributed by atoms with Gasteiger partial charge in [-0.05, 0) is 6.08 Å². The van der Waals surface area contributed by atoms with E-state index in [-0.39, 0.29) is 6.08 Å². The molecule has 0 aromatic rings. The molecule has 7 heteroatoms. The fourth-order valence-electron chi connectivity index (χ4n) is 0.242. The number of halogens is 2. The first kappa shape index (κ1) is 10.2. The average molecular weight is 185 g/mol. The summed E-state index contributed by atoms with van der Waals surface area (Å²) in [5.41, 5.74) is 0. The molecule has 0 N–H and O–H groups in total. The van der Waals surface area contributed by atoms with Crippen LogP contribution in [-0.2, 0) is 14.9 Å². The highest BCUT2D eigenvalue weighted by atomic mass is 32.2. The Hall–Kier alpha value is -0.820. The number of allylic oxidation sites excluding steroid dienone is 1. The Kier molecular flexibility index (Phi) is 2.47. The number of hydrogen-bond donors (Lipinski definition) is 0. The third kappa shape index (κ3) is 1.81. The van der Waals surface area contributed by atoms with Crippen LogP contribution in [0.25, 0.3) is 0 Å². The molecule has 0 aromatic carbocycles. The molecule has 11 heavy (non-hydrogen) atoms. The minimum Gasteiger partial charge on any atom is -0.743 e. The van der Waals surface area contributed by atoms with Gasteiger partial charge in [0.05, 0.1) is 0 Å². The predicted molar refractivity (Wildman–Crippen MR) is 29.8 cm³/mol. The van der Waals surface area contributed by atoms with Gasteiger partial charge in [0.15, 0.2) is 10.1 Å². The minimum atomic E-state index is -5.92. The summed E-state index contributed by atoms with van der Waals surface area (Å²) in [6, 6.07) is 0. The van der Waals surface area contributed by atoms with Crippen molar-refractivity contribution in [2.45, 2.75) is 5.25 Å². The summed E-state index contributed by atoms with van der Waals surface area (Å²) in [7, 11) is -5.92. The molecule has 0 spiro atoms. The summed E-state index contributed by atoms with van der Waals surface area (Å²) in [6.45, 7) is 2.61. The van der Waals surface area contributed by atoms with Crippen molar-refractivity contribution in [1.82, 2.24) is 0 Å². The molecular formula is C4H3F2O4S-. The quantitative estimate of drug-likeness (QED) is 0.453. The Bertz CT molecular complexity index is 278. The molecule has 0 atom stereocenters. The zero-order chi connectivity index (χ0) is 9.28. The molecule has 0 radical (unpaired) electrons. The first-order chi connectivity index (χ1) is 4.73. The van der Waals surface area contributed by atoms with Crippen molar-refractivity contribution in [3.8, 4) is 0 Å². The standard InChI is InChI=1S/C4H4F2O4S/c1-2-3(7)4(5,6)11(8,9)10/h2H,1H2,(H,8,9,10)/p-1. The van der Waals surface area contributed by atoms with E-state index in [9.17, 15) is 26.5 Å². The van der Waals surface area contributed by atoms with Crippen molar-refractivity contribution >= 4 is 15.9 Å². The van der Waals surface area contributed by atoms with E-state index in [1.165, 1.54) is 0 Å². The molecule has 64 valence electrons. The minimum absolute atomic E-state index is 0.0788. The molecule has 0 fully saturated rings. The molecule has 0 bridgehead atoms. The van der Waals surface area contributed by atoms with E-state index in [0.29, 0.717) is 0 Å².